The first-order chi connectivity index (χ1) is 8.99. The van der Waals surface area contributed by atoms with Gasteiger partial charge in [0.2, 0.25) is 0 Å². The van der Waals surface area contributed by atoms with Crippen molar-refractivity contribution in [2.24, 2.45) is 5.92 Å². The molecule has 0 aromatic heterocycles. The van der Waals surface area contributed by atoms with E-state index in [1.807, 2.05) is 0 Å². The summed E-state index contributed by atoms with van der Waals surface area (Å²) in [5.74, 6) is -1.26. The number of piperidine rings is 1. The first-order valence-corrected chi connectivity index (χ1v) is 7.29. The van der Waals surface area contributed by atoms with E-state index in [9.17, 15) is 13.6 Å². The summed E-state index contributed by atoms with van der Waals surface area (Å²) in [4.78, 5) is 14.2. The molecule has 1 fully saturated rings. The number of halogens is 3. The quantitative estimate of drug-likeness (QED) is 0.758. The zero-order valence-electron chi connectivity index (χ0n) is 10.7. The van der Waals surface area contributed by atoms with Gasteiger partial charge in [0.05, 0.1) is 5.56 Å². The van der Waals surface area contributed by atoms with Crippen LogP contribution in [0.15, 0.2) is 18.2 Å². The topological polar surface area (TPSA) is 20.3 Å². The van der Waals surface area contributed by atoms with Crippen LogP contribution in [0.2, 0.25) is 0 Å². The summed E-state index contributed by atoms with van der Waals surface area (Å²) < 4.78 is 26.4. The van der Waals surface area contributed by atoms with Gasteiger partial charge in [-0.15, -0.1) is 0 Å². The molecule has 1 heterocycles. The molecule has 0 saturated carbocycles. The van der Waals surface area contributed by atoms with Gasteiger partial charge in [-0.2, -0.15) is 0 Å². The Bertz CT molecular complexity index is 471. The van der Waals surface area contributed by atoms with Crippen molar-refractivity contribution in [3.05, 3.63) is 35.4 Å². The molecule has 1 aromatic carbocycles. The van der Waals surface area contributed by atoms with Crippen LogP contribution >= 0.6 is 15.9 Å². The molecule has 2 rings (SSSR count). The Balaban J connectivity index is 2.05. The third-order valence-corrected chi connectivity index (χ3v) is 4.39. The molecule has 1 atom stereocenters. The van der Waals surface area contributed by atoms with Gasteiger partial charge in [-0.05, 0) is 30.9 Å². The van der Waals surface area contributed by atoms with Gasteiger partial charge in [0, 0.05) is 24.0 Å². The van der Waals surface area contributed by atoms with Crippen LogP contribution in [0.25, 0.3) is 0 Å². The lowest BCUT2D eigenvalue weighted by Crippen LogP contribution is -2.40. The Kier molecular flexibility index (Phi) is 4.55. The number of carbonyl (C=O) groups excluding carboxylic acids is 1. The van der Waals surface area contributed by atoms with Crippen molar-refractivity contribution in [1.29, 1.82) is 0 Å². The van der Waals surface area contributed by atoms with Crippen LogP contribution in [0, 0.1) is 17.6 Å². The highest BCUT2D eigenvalue weighted by atomic mass is 79.9. The Morgan fingerprint density at radius 2 is 2.00 bits per heavy atom. The number of hydrogen-bond donors (Lipinski definition) is 0. The fourth-order valence-electron chi connectivity index (χ4n) is 2.40. The van der Waals surface area contributed by atoms with Crippen LogP contribution < -0.4 is 0 Å². The highest BCUT2D eigenvalue weighted by molar-refractivity contribution is 9.09. The summed E-state index contributed by atoms with van der Waals surface area (Å²) in [7, 11) is 0. The Morgan fingerprint density at radius 1 is 1.37 bits per heavy atom. The molecule has 1 aromatic rings. The van der Waals surface area contributed by atoms with Crippen molar-refractivity contribution in [2.45, 2.75) is 24.6 Å². The molecule has 104 valence electrons. The van der Waals surface area contributed by atoms with Crippen molar-refractivity contribution in [3.63, 3.8) is 0 Å². The second-order valence-electron chi connectivity index (χ2n) is 4.93. The molecule has 0 radical (unpaired) electrons. The maximum atomic E-state index is 13.6. The fourth-order valence-corrected chi connectivity index (χ4v) is 2.92. The molecule has 0 spiro atoms. The van der Waals surface area contributed by atoms with E-state index < -0.39 is 11.6 Å². The lowest BCUT2D eigenvalue weighted by Gasteiger charge is -2.33. The van der Waals surface area contributed by atoms with E-state index in [4.69, 9.17) is 0 Å². The van der Waals surface area contributed by atoms with E-state index in [2.05, 4.69) is 22.9 Å². The zero-order valence-corrected chi connectivity index (χ0v) is 12.3. The molecular formula is C14H16BrF2NO. The van der Waals surface area contributed by atoms with E-state index in [1.165, 1.54) is 6.07 Å². The molecule has 2 nitrogen and oxygen atoms in total. The Hall–Kier alpha value is -0.970. The number of hydrogen-bond acceptors (Lipinski definition) is 1. The van der Waals surface area contributed by atoms with Crippen LogP contribution in [-0.2, 0) is 0 Å². The van der Waals surface area contributed by atoms with E-state index in [0.29, 0.717) is 23.8 Å². The van der Waals surface area contributed by atoms with Crippen LogP contribution in [0.4, 0.5) is 8.78 Å². The lowest BCUT2D eigenvalue weighted by molar-refractivity contribution is 0.0686. The SMILES string of the molecule is CC(Br)C1CCN(C(=O)c2ccc(F)cc2F)CC1. The molecule has 1 unspecified atom stereocenters. The smallest absolute Gasteiger partial charge is 0.256 e. The monoisotopic (exact) mass is 331 g/mol. The van der Waals surface area contributed by atoms with Gasteiger partial charge in [0.1, 0.15) is 11.6 Å². The van der Waals surface area contributed by atoms with Gasteiger partial charge >= 0.3 is 0 Å². The first-order valence-electron chi connectivity index (χ1n) is 6.37. The summed E-state index contributed by atoms with van der Waals surface area (Å²) >= 11 is 3.55. The molecule has 0 N–H and O–H groups in total. The number of benzene rings is 1. The second-order valence-corrected chi connectivity index (χ2v) is 6.38. The number of nitrogens with zero attached hydrogens (tertiary/aromatic N) is 1. The molecule has 19 heavy (non-hydrogen) atoms. The third-order valence-electron chi connectivity index (χ3n) is 3.64. The second kappa shape index (κ2) is 5.99. The molecule has 1 saturated heterocycles. The fraction of sp³-hybridized carbons (Fsp3) is 0.500. The van der Waals surface area contributed by atoms with Crippen LogP contribution in [-0.4, -0.2) is 28.7 Å². The van der Waals surface area contributed by atoms with Crippen molar-refractivity contribution in [1.82, 2.24) is 4.90 Å². The normalized spacial score (nSPS) is 18.4. The number of carbonyl (C=O) groups is 1. The molecule has 1 amide bonds. The van der Waals surface area contributed by atoms with E-state index in [1.54, 1.807) is 4.90 Å². The lowest BCUT2D eigenvalue weighted by atomic mass is 9.94. The predicted octanol–water partition coefficient (Wildman–Crippen LogP) is 3.60. The van der Waals surface area contributed by atoms with Gasteiger partial charge in [0.25, 0.3) is 5.91 Å². The van der Waals surface area contributed by atoms with Gasteiger partial charge in [-0.1, -0.05) is 22.9 Å². The standard InChI is InChI=1S/C14H16BrF2NO/c1-9(15)10-4-6-18(7-5-10)14(19)12-3-2-11(16)8-13(12)17/h2-3,8-10H,4-7H2,1H3. The minimum atomic E-state index is -0.791. The Morgan fingerprint density at radius 3 is 2.53 bits per heavy atom. The van der Waals surface area contributed by atoms with Gasteiger partial charge < -0.3 is 4.90 Å². The van der Waals surface area contributed by atoms with Crippen molar-refractivity contribution >= 4 is 21.8 Å². The molecular weight excluding hydrogens is 316 g/mol. The minimum absolute atomic E-state index is 0.0493. The highest BCUT2D eigenvalue weighted by Crippen LogP contribution is 2.26. The average Bonchev–Trinajstić information content (AvgIpc) is 2.38. The van der Waals surface area contributed by atoms with Gasteiger partial charge in [0.15, 0.2) is 0 Å². The molecule has 5 heteroatoms. The van der Waals surface area contributed by atoms with Crippen molar-refractivity contribution < 1.29 is 13.6 Å². The van der Waals surface area contributed by atoms with E-state index in [0.717, 1.165) is 25.0 Å². The predicted molar refractivity (Wildman–Crippen MR) is 73.4 cm³/mol. The van der Waals surface area contributed by atoms with Crippen molar-refractivity contribution in [2.75, 3.05) is 13.1 Å². The number of rotatable bonds is 2. The van der Waals surface area contributed by atoms with Crippen LogP contribution in [0.1, 0.15) is 30.1 Å². The average molecular weight is 332 g/mol. The summed E-state index contributed by atoms with van der Waals surface area (Å²) in [5, 5.41) is 0. The molecule has 1 aliphatic heterocycles. The maximum Gasteiger partial charge on any atom is 0.256 e. The Labute approximate surface area is 119 Å². The molecule has 0 aliphatic carbocycles. The van der Waals surface area contributed by atoms with Gasteiger partial charge in [-0.3, -0.25) is 4.79 Å². The molecule has 1 aliphatic rings. The minimum Gasteiger partial charge on any atom is -0.339 e. The highest BCUT2D eigenvalue weighted by Gasteiger charge is 2.27. The molecule has 0 bridgehead atoms. The summed E-state index contributed by atoms with van der Waals surface area (Å²) in [6.45, 7) is 3.34. The number of alkyl halides is 1. The zero-order chi connectivity index (χ0) is 14.0. The summed E-state index contributed by atoms with van der Waals surface area (Å²) in [6, 6.07) is 3.08. The summed E-state index contributed by atoms with van der Waals surface area (Å²) in [6.07, 6.45) is 1.81. The summed E-state index contributed by atoms with van der Waals surface area (Å²) in [5.41, 5.74) is -0.0493. The van der Waals surface area contributed by atoms with E-state index >= 15 is 0 Å². The number of amides is 1. The van der Waals surface area contributed by atoms with Crippen LogP contribution in [0.3, 0.4) is 0 Å². The van der Waals surface area contributed by atoms with E-state index in [-0.39, 0.29) is 11.5 Å². The number of likely N-dealkylation sites (tertiary alicyclic amines) is 1. The largest absolute Gasteiger partial charge is 0.339 e. The maximum absolute atomic E-state index is 13.6. The van der Waals surface area contributed by atoms with Crippen molar-refractivity contribution in [3.8, 4) is 0 Å². The third kappa shape index (κ3) is 3.32. The first kappa shape index (κ1) is 14.4. The van der Waals surface area contributed by atoms with Crippen LogP contribution in [0.5, 0.6) is 0 Å². The van der Waals surface area contributed by atoms with Gasteiger partial charge in [-0.25, -0.2) is 8.78 Å².